The van der Waals surface area contributed by atoms with Crippen molar-refractivity contribution in [2.45, 2.75) is 361 Å². The van der Waals surface area contributed by atoms with Gasteiger partial charge in [-0.15, -0.1) is 0 Å². The number of allylic oxidation sites excluding steroid dienone is 4. The van der Waals surface area contributed by atoms with E-state index in [1.54, 1.807) is 0 Å². The predicted molar refractivity (Wildman–Crippen MR) is 307 cm³/mol. The zero-order valence-corrected chi connectivity index (χ0v) is 48.0. The lowest BCUT2D eigenvalue weighted by molar-refractivity contribution is -0.167. The molecule has 71 heavy (non-hydrogen) atoms. The van der Waals surface area contributed by atoms with Crippen molar-refractivity contribution in [2.24, 2.45) is 0 Å². The highest BCUT2D eigenvalue weighted by molar-refractivity contribution is 5.71. The van der Waals surface area contributed by atoms with Crippen molar-refractivity contribution in [3.63, 3.8) is 0 Å². The highest BCUT2D eigenvalue weighted by Gasteiger charge is 2.19. The number of rotatable bonds is 59. The molecule has 418 valence electrons. The molecule has 0 aromatic heterocycles. The van der Waals surface area contributed by atoms with Crippen LogP contribution in [0.15, 0.2) is 24.3 Å². The van der Waals surface area contributed by atoms with Crippen LogP contribution in [0.25, 0.3) is 0 Å². The summed E-state index contributed by atoms with van der Waals surface area (Å²) in [4.78, 5) is 38.1. The summed E-state index contributed by atoms with van der Waals surface area (Å²) in [6.45, 7) is 6.64. The van der Waals surface area contributed by atoms with Crippen LogP contribution in [0.2, 0.25) is 0 Å². The van der Waals surface area contributed by atoms with Crippen LogP contribution in [0.3, 0.4) is 0 Å². The Labute approximate surface area is 443 Å². The van der Waals surface area contributed by atoms with Gasteiger partial charge in [0, 0.05) is 19.3 Å². The van der Waals surface area contributed by atoms with Crippen molar-refractivity contribution in [1.29, 1.82) is 0 Å². The summed E-state index contributed by atoms with van der Waals surface area (Å²) < 4.78 is 16.9. The van der Waals surface area contributed by atoms with E-state index in [9.17, 15) is 14.4 Å². The maximum atomic E-state index is 12.8. The van der Waals surface area contributed by atoms with Crippen molar-refractivity contribution in [2.75, 3.05) is 13.2 Å². The van der Waals surface area contributed by atoms with Crippen LogP contribution in [0.5, 0.6) is 0 Å². The zero-order chi connectivity index (χ0) is 51.4. The molecule has 0 aliphatic carbocycles. The summed E-state index contributed by atoms with van der Waals surface area (Å²) in [5.41, 5.74) is 0. The minimum absolute atomic E-state index is 0.0715. The van der Waals surface area contributed by atoms with Crippen LogP contribution in [0, 0.1) is 0 Å². The van der Waals surface area contributed by atoms with Crippen molar-refractivity contribution in [1.82, 2.24) is 0 Å². The fourth-order valence-corrected chi connectivity index (χ4v) is 9.64. The standard InChI is InChI=1S/C65H122O6/c1-4-7-10-13-16-19-22-24-26-27-28-29-30-31-32-33-34-35-36-37-38-39-41-43-46-49-52-55-58-64(67)70-61-62(60-69-63(66)57-54-51-48-45-42-21-18-15-12-9-6-3)71-65(68)59-56-53-50-47-44-40-25-23-20-17-14-11-8-5-2/h14,17,23,25,62H,4-13,15-16,18-22,24,26-61H2,1-3H3/b17-14-,25-23-. The molecule has 0 amide bonds. The Balaban J connectivity index is 4.11. The zero-order valence-electron chi connectivity index (χ0n) is 48.0. The highest BCUT2D eigenvalue weighted by Crippen LogP contribution is 2.18. The van der Waals surface area contributed by atoms with Crippen molar-refractivity contribution >= 4 is 17.9 Å². The average molecular weight is 1000 g/mol. The van der Waals surface area contributed by atoms with Gasteiger partial charge in [0.25, 0.3) is 0 Å². The third kappa shape index (κ3) is 58.7. The minimum atomic E-state index is -0.773. The Hall–Kier alpha value is -2.11. The lowest BCUT2D eigenvalue weighted by atomic mass is 10.0. The normalized spacial score (nSPS) is 12.1. The fourth-order valence-electron chi connectivity index (χ4n) is 9.64. The molecule has 1 atom stereocenters. The molecule has 0 heterocycles. The SMILES string of the molecule is CCCC/C=C\C/C=C\CCCCCCCC(=O)OC(COC(=O)CCCCCCCCCCCCC)COC(=O)CCCCCCCCCCCCCCCCCCCCCCCCCCCCCC. The monoisotopic (exact) mass is 999 g/mol. The van der Waals surface area contributed by atoms with Gasteiger partial charge in [-0.2, -0.15) is 0 Å². The van der Waals surface area contributed by atoms with Gasteiger partial charge in [0.05, 0.1) is 0 Å². The van der Waals surface area contributed by atoms with Crippen LogP contribution in [0.1, 0.15) is 355 Å². The Morgan fingerprint density at radius 3 is 0.817 bits per heavy atom. The maximum Gasteiger partial charge on any atom is 0.306 e. The van der Waals surface area contributed by atoms with Gasteiger partial charge in [-0.1, -0.05) is 315 Å². The lowest BCUT2D eigenvalue weighted by Crippen LogP contribution is -2.30. The molecule has 0 bridgehead atoms. The summed E-state index contributed by atoms with van der Waals surface area (Å²) in [6, 6.07) is 0. The predicted octanol–water partition coefficient (Wildman–Crippen LogP) is 21.4. The molecule has 0 saturated heterocycles. The maximum absolute atomic E-state index is 12.8. The van der Waals surface area contributed by atoms with Gasteiger partial charge in [-0.3, -0.25) is 14.4 Å². The number of ether oxygens (including phenoxy) is 3. The van der Waals surface area contributed by atoms with E-state index in [2.05, 4.69) is 45.1 Å². The Morgan fingerprint density at radius 2 is 0.521 bits per heavy atom. The van der Waals surface area contributed by atoms with E-state index in [1.165, 1.54) is 231 Å². The molecule has 0 N–H and O–H groups in total. The topological polar surface area (TPSA) is 78.9 Å². The molecule has 6 nitrogen and oxygen atoms in total. The molecule has 0 radical (unpaired) electrons. The first kappa shape index (κ1) is 68.9. The van der Waals surface area contributed by atoms with Gasteiger partial charge in [-0.05, 0) is 44.9 Å². The summed E-state index contributed by atoms with van der Waals surface area (Å²) in [6.07, 6.45) is 72.0. The third-order valence-electron chi connectivity index (χ3n) is 14.5. The van der Waals surface area contributed by atoms with Gasteiger partial charge in [0.1, 0.15) is 13.2 Å². The van der Waals surface area contributed by atoms with E-state index >= 15 is 0 Å². The van der Waals surface area contributed by atoms with E-state index in [0.717, 1.165) is 83.5 Å². The van der Waals surface area contributed by atoms with E-state index in [-0.39, 0.29) is 31.1 Å². The third-order valence-corrected chi connectivity index (χ3v) is 14.5. The molecule has 0 spiro atoms. The Bertz CT molecular complexity index is 1150. The molecule has 0 rings (SSSR count). The van der Waals surface area contributed by atoms with Gasteiger partial charge < -0.3 is 14.2 Å². The Morgan fingerprint density at radius 1 is 0.282 bits per heavy atom. The first-order valence-corrected chi connectivity index (χ1v) is 31.8. The van der Waals surface area contributed by atoms with Gasteiger partial charge in [0.2, 0.25) is 0 Å². The quantitative estimate of drug-likeness (QED) is 0.0261. The van der Waals surface area contributed by atoms with Crippen LogP contribution in [0.4, 0.5) is 0 Å². The fraction of sp³-hybridized carbons (Fsp3) is 0.892. The largest absolute Gasteiger partial charge is 0.462 e. The first-order chi connectivity index (χ1) is 35.0. The first-order valence-electron chi connectivity index (χ1n) is 31.8. The van der Waals surface area contributed by atoms with Crippen LogP contribution >= 0.6 is 0 Å². The van der Waals surface area contributed by atoms with E-state index in [4.69, 9.17) is 14.2 Å². The second kappa shape index (κ2) is 60.4. The van der Waals surface area contributed by atoms with E-state index in [1.807, 2.05) is 0 Å². The highest BCUT2D eigenvalue weighted by atomic mass is 16.6. The second-order valence-electron chi connectivity index (χ2n) is 21.7. The molecule has 0 saturated carbocycles. The molecule has 0 aliphatic rings. The summed E-state index contributed by atoms with van der Waals surface area (Å²) in [7, 11) is 0. The van der Waals surface area contributed by atoms with Crippen molar-refractivity contribution < 1.29 is 28.6 Å². The average Bonchev–Trinajstić information content (AvgIpc) is 3.37. The number of carbonyl (C=O) groups excluding carboxylic acids is 3. The molecular weight excluding hydrogens is 877 g/mol. The van der Waals surface area contributed by atoms with Crippen LogP contribution < -0.4 is 0 Å². The summed E-state index contributed by atoms with van der Waals surface area (Å²) in [5, 5.41) is 0. The van der Waals surface area contributed by atoms with Crippen LogP contribution in [-0.2, 0) is 28.6 Å². The van der Waals surface area contributed by atoms with Crippen LogP contribution in [-0.4, -0.2) is 37.2 Å². The van der Waals surface area contributed by atoms with Gasteiger partial charge in [0.15, 0.2) is 6.10 Å². The number of hydrogen-bond acceptors (Lipinski definition) is 6. The summed E-state index contributed by atoms with van der Waals surface area (Å²) in [5.74, 6) is -0.864. The minimum Gasteiger partial charge on any atom is -0.462 e. The Kier molecular flexibility index (Phi) is 58.6. The number of hydrogen-bond donors (Lipinski definition) is 0. The van der Waals surface area contributed by atoms with Crippen molar-refractivity contribution in [3.8, 4) is 0 Å². The van der Waals surface area contributed by atoms with Gasteiger partial charge >= 0.3 is 17.9 Å². The number of unbranched alkanes of at least 4 members (excludes halogenated alkanes) is 44. The number of carbonyl (C=O) groups is 3. The van der Waals surface area contributed by atoms with Gasteiger partial charge in [-0.25, -0.2) is 0 Å². The van der Waals surface area contributed by atoms with Crippen molar-refractivity contribution in [3.05, 3.63) is 24.3 Å². The second-order valence-corrected chi connectivity index (χ2v) is 21.7. The molecule has 0 aliphatic heterocycles. The number of esters is 3. The molecule has 0 aromatic carbocycles. The molecule has 1 unspecified atom stereocenters. The molecule has 0 aromatic rings. The smallest absolute Gasteiger partial charge is 0.306 e. The van der Waals surface area contributed by atoms with E-state index in [0.29, 0.717) is 19.3 Å². The van der Waals surface area contributed by atoms with E-state index < -0.39 is 6.10 Å². The molecular formula is C65H122O6. The summed E-state index contributed by atoms with van der Waals surface area (Å²) >= 11 is 0. The molecule has 6 heteroatoms. The molecule has 0 fully saturated rings. The lowest BCUT2D eigenvalue weighted by Gasteiger charge is -2.18.